The molecule has 1 amide bonds. The Labute approximate surface area is 124 Å². The number of hydrogen-bond acceptors (Lipinski definition) is 6. The Morgan fingerprint density at radius 3 is 3.00 bits per heavy atom. The SMILES string of the molecule is CCn1cnnc1CNC(=O)c1ccnc(Cl)c1[N+](=O)[O-]. The second kappa shape index (κ2) is 6.27. The quantitative estimate of drug-likeness (QED) is 0.503. The van der Waals surface area contributed by atoms with Gasteiger partial charge < -0.3 is 9.88 Å². The molecule has 0 fully saturated rings. The Hall–Kier alpha value is -2.55. The van der Waals surface area contributed by atoms with E-state index >= 15 is 0 Å². The monoisotopic (exact) mass is 310 g/mol. The Morgan fingerprint density at radius 1 is 1.57 bits per heavy atom. The van der Waals surface area contributed by atoms with Crippen LogP contribution in [0.1, 0.15) is 23.1 Å². The summed E-state index contributed by atoms with van der Waals surface area (Å²) in [6.07, 6.45) is 2.77. The highest BCUT2D eigenvalue weighted by Gasteiger charge is 2.24. The first kappa shape index (κ1) is 14.9. The minimum Gasteiger partial charge on any atom is -0.345 e. The third-order valence-corrected chi connectivity index (χ3v) is 3.03. The van der Waals surface area contributed by atoms with Crippen molar-refractivity contribution < 1.29 is 9.72 Å². The van der Waals surface area contributed by atoms with Crippen molar-refractivity contribution in [3.63, 3.8) is 0 Å². The van der Waals surface area contributed by atoms with Gasteiger partial charge in [0.05, 0.1) is 11.5 Å². The van der Waals surface area contributed by atoms with Crippen LogP contribution in [0.25, 0.3) is 0 Å². The lowest BCUT2D eigenvalue weighted by atomic mass is 10.2. The molecule has 21 heavy (non-hydrogen) atoms. The molecule has 2 rings (SSSR count). The third kappa shape index (κ3) is 3.14. The van der Waals surface area contributed by atoms with Gasteiger partial charge in [-0.05, 0) is 13.0 Å². The molecule has 2 aromatic heterocycles. The molecule has 1 N–H and O–H groups in total. The van der Waals surface area contributed by atoms with Gasteiger partial charge in [-0.1, -0.05) is 11.6 Å². The first-order chi connectivity index (χ1) is 10.0. The Bertz CT molecular complexity index is 686. The number of halogens is 1. The summed E-state index contributed by atoms with van der Waals surface area (Å²) in [5.41, 5.74) is -0.670. The number of aryl methyl sites for hydroxylation is 1. The van der Waals surface area contributed by atoms with Crippen LogP contribution in [0.4, 0.5) is 5.69 Å². The first-order valence-corrected chi connectivity index (χ1v) is 6.36. The van der Waals surface area contributed by atoms with Gasteiger partial charge in [-0.3, -0.25) is 14.9 Å². The largest absolute Gasteiger partial charge is 0.345 e. The number of nitrogens with zero attached hydrogens (tertiary/aromatic N) is 5. The third-order valence-electron chi connectivity index (χ3n) is 2.75. The van der Waals surface area contributed by atoms with Crippen LogP contribution in [0, 0.1) is 10.1 Å². The van der Waals surface area contributed by atoms with Crippen LogP contribution in [-0.4, -0.2) is 30.6 Å². The van der Waals surface area contributed by atoms with Crippen LogP contribution in [0.3, 0.4) is 0 Å². The van der Waals surface area contributed by atoms with Crippen molar-refractivity contribution in [3.05, 3.63) is 45.2 Å². The molecule has 2 heterocycles. The van der Waals surface area contributed by atoms with Crippen LogP contribution < -0.4 is 5.32 Å². The molecule has 0 saturated heterocycles. The van der Waals surface area contributed by atoms with E-state index in [1.165, 1.54) is 18.6 Å². The molecule has 0 aliphatic carbocycles. The minimum atomic E-state index is -0.737. The van der Waals surface area contributed by atoms with E-state index in [0.29, 0.717) is 12.4 Å². The predicted molar refractivity (Wildman–Crippen MR) is 72.8 cm³/mol. The number of pyridine rings is 1. The van der Waals surface area contributed by atoms with E-state index in [0.717, 1.165) is 0 Å². The summed E-state index contributed by atoms with van der Waals surface area (Å²) < 4.78 is 1.74. The van der Waals surface area contributed by atoms with Gasteiger partial charge in [0.1, 0.15) is 11.9 Å². The maximum absolute atomic E-state index is 12.1. The Morgan fingerprint density at radius 2 is 2.33 bits per heavy atom. The first-order valence-electron chi connectivity index (χ1n) is 5.98. The molecular weight excluding hydrogens is 300 g/mol. The highest BCUT2D eigenvalue weighted by molar-refractivity contribution is 6.32. The number of nitro groups is 1. The van der Waals surface area contributed by atoms with Gasteiger partial charge in [0.15, 0.2) is 5.82 Å². The number of aromatic nitrogens is 4. The van der Waals surface area contributed by atoms with Gasteiger partial charge in [-0.15, -0.1) is 10.2 Å². The number of carbonyl (C=O) groups excluding carboxylic acids is 1. The smallest absolute Gasteiger partial charge is 0.319 e. The molecule has 0 radical (unpaired) electrons. The molecule has 0 saturated carbocycles. The number of amides is 1. The molecule has 0 aliphatic heterocycles. The van der Waals surface area contributed by atoms with E-state index in [9.17, 15) is 14.9 Å². The van der Waals surface area contributed by atoms with E-state index in [1.54, 1.807) is 4.57 Å². The van der Waals surface area contributed by atoms with E-state index in [-0.39, 0.29) is 17.3 Å². The molecule has 0 atom stereocenters. The minimum absolute atomic E-state index is 0.101. The van der Waals surface area contributed by atoms with Crippen LogP contribution >= 0.6 is 11.6 Å². The van der Waals surface area contributed by atoms with Crippen molar-refractivity contribution in [2.24, 2.45) is 0 Å². The molecule has 0 aliphatic rings. The van der Waals surface area contributed by atoms with Gasteiger partial charge in [-0.2, -0.15) is 0 Å². The van der Waals surface area contributed by atoms with Gasteiger partial charge in [0.25, 0.3) is 5.91 Å². The Kier molecular flexibility index (Phi) is 4.43. The van der Waals surface area contributed by atoms with Crippen molar-refractivity contribution in [1.82, 2.24) is 25.1 Å². The lowest BCUT2D eigenvalue weighted by molar-refractivity contribution is -0.385. The lowest BCUT2D eigenvalue weighted by Gasteiger charge is -2.06. The van der Waals surface area contributed by atoms with Crippen LogP contribution in [0.2, 0.25) is 5.15 Å². The molecule has 0 spiro atoms. The van der Waals surface area contributed by atoms with E-state index in [4.69, 9.17) is 11.6 Å². The Balaban J connectivity index is 2.18. The normalized spacial score (nSPS) is 10.4. The fraction of sp³-hybridized carbons (Fsp3) is 0.273. The number of hydrogen-bond donors (Lipinski definition) is 1. The van der Waals surface area contributed by atoms with Crippen molar-refractivity contribution in [3.8, 4) is 0 Å². The van der Waals surface area contributed by atoms with Gasteiger partial charge in [0.2, 0.25) is 5.15 Å². The molecule has 2 aromatic rings. The van der Waals surface area contributed by atoms with E-state index < -0.39 is 16.5 Å². The standard InChI is InChI=1S/C11H11ClN6O3/c1-2-17-6-15-16-8(17)5-14-11(19)7-3-4-13-10(12)9(7)18(20)21/h3-4,6H,2,5H2,1H3,(H,14,19). The maximum atomic E-state index is 12.1. The fourth-order valence-electron chi connectivity index (χ4n) is 1.72. The summed E-state index contributed by atoms with van der Waals surface area (Å²) in [5.74, 6) is -0.0784. The lowest BCUT2D eigenvalue weighted by Crippen LogP contribution is -2.25. The van der Waals surface area contributed by atoms with Gasteiger partial charge >= 0.3 is 5.69 Å². The zero-order valence-electron chi connectivity index (χ0n) is 11.0. The van der Waals surface area contributed by atoms with Crippen LogP contribution in [0.15, 0.2) is 18.6 Å². The van der Waals surface area contributed by atoms with Crippen molar-refractivity contribution >= 4 is 23.2 Å². The summed E-state index contributed by atoms with van der Waals surface area (Å²) in [7, 11) is 0. The second-order valence-electron chi connectivity index (χ2n) is 3.97. The zero-order chi connectivity index (χ0) is 15.4. The van der Waals surface area contributed by atoms with Crippen LogP contribution in [0.5, 0.6) is 0 Å². The van der Waals surface area contributed by atoms with E-state index in [2.05, 4.69) is 20.5 Å². The number of rotatable bonds is 5. The average molecular weight is 311 g/mol. The van der Waals surface area contributed by atoms with Gasteiger partial charge in [0, 0.05) is 12.7 Å². The summed E-state index contributed by atoms with van der Waals surface area (Å²) in [6, 6.07) is 1.24. The van der Waals surface area contributed by atoms with E-state index in [1.807, 2.05) is 6.92 Å². The van der Waals surface area contributed by atoms with Crippen molar-refractivity contribution in [2.45, 2.75) is 20.0 Å². The molecular formula is C11H11ClN6O3. The summed E-state index contributed by atoms with van der Waals surface area (Å²) in [4.78, 5) is 25.9. The number of carbonyl (C=O) groups is 1. The molecule has 0 unspecified atom stereocenters. The maximum Gasteiger partial charge on any atom is 0.319 e. The summed E-state index contributed by atoms with van der Waals surface area (Å²) in [6.45, 7) is 2.66. The zero-order valence-corrected chi connectivity index (χ0v) is 11.7. The predicted octanol–water partition coefficient (Wildman–Crippen LogP) is 1.18. The average Bonchev–Trinajstić information content (AvgIpc) is 2.91. The fourth-order valence-corrected chi connectivity index (χ4v) is 1.95. The summed E-state index contributed by atoms with van der Waals surface area (Å²) in [5, 5.41) is 20.8. The van der Waals surface area contributed by atoms with Crippen molar-refractivity contribution in [1.29, 1.82) is 0 Å². The topological polar surface area (TPSA) is 116 Å². The molecule has 10 heteroatoms. The highest BCUT2D eigenvalue weighted by Crippen LogP contribution is 2.25. The molecule has 9 nitrogen and oxygen atoms in total. The van der Waals surface area contributed by atoms with Gasteiger partial charge in [-0.25, -0.2) is 4.98 Å². The molecule has 110 valence electrons. The second-order valence-corrected chi connectivity index (χ2v) is 4.33. The van der Waals surface area contributed by atoms with Crippen LogP contribution in [-0.2, 0) is 13.1 Å². The number of nitrogens with one attached hydrogen (secondary N) is 1. The molecule has 0 bridgehead atoms. The summed E-state index contributed by atoms with van der Waals surface area (Å²) >= 11 is 5.66. The molecule has 0 aromatic carbocycles. The van der Waals surface area contributed by atoms with Crippen molar-refractivity contribution in [2.75, 3.05) is 0 Å². The highest BCUT2D eigenvalue weighted by atomic mass is 35.5.